The molecule has 0 saturated heterocycles. The quantitative estimate of drug-likeness (QED) is 0.0719. The van der Waals surface area contributed by atoms with E-state index in [9.17, 15) is 19.2 Å². The number of benzene rings is 8. The van der Waals surface area contributed by atoms with Crippen molar-refractivity contribution in [1.29, 1.82) is 0 Å². The summed E-state index contributed by atoms with van der Waals surface area (Å²) in [5.41, 5.74) is 4.62. The minimum absolute atomic E-state index is 0.171. The van der Waals surface area contributed by atoms with Crippen molar-refractivity contribution in [3.8, 4) is 46.0 Å². The Morgan fingerprint density at radius 3 is 0.729 bits per heavy atom. The van der Waals surface area contributed by atoms with E-state index >= 15 is 0 Å². The SMILES string of the molecule is CC(C)(c1ccc(Oc2ccc(C(=O)O)cc2)cc1)c1ccc(Oc2ccc(C(=O)O)cc2)cc1.CC(C)(c1ccc(Oc2ccc(C(=O)O)cc2)cc1)c1ccc(Oc2cccc(C(=O)O)c2)cc1. The third-order valence-corrected chi connectivity index (χ3v) is 11.6. The second kappa shape index (κ2) is 21.2. The molecule has 0 amide bonds. The third-order valence-electron chi connectivity index (χ3n) is 11.6. The number of carbonyl (C=O) groups is 4. The molecule has 0 fully saturated rings. The van der Waals surface area contributed by atoms with Crippen molar-refractivity contribution in [2.24, 2.45) is 0 Å². The van der Waals surface area contributed by atoms with Gasteiger partial charge in [0.15, 0.2) is 0 Å². The summed E-state index contributed by atoms with van der Waals surface area (Å²) in [4.78, 5) is 44.1. The molecule has 0 unspecified atom stereocenters. The summed E-state index contributed by atoms with van der Waals surface area (Å²) in [6.07, 6.45) is 0. The lowest BCUT2D eigenvalue weighted by atomic mass is 9.78. The van der Waals surface area contributed by atoms with Gasteiger partial charge in [-0.25, -0.2) is 19.2 Å². The van der Waals surface area contributed by atoms with E-state index in [0.717, 1.165) is 22.3 Å². The highest BCUT2D eigenvalue weighted by Gasteiger charge is 2.25. The molecule has 352 valence electrons. The molecule has 0 aliphatic heterocycles. The van der Waals surface area contributed by atoms with E-state index < -0.39 is 23.9 Å². The first kappa shape index (κ1) is 48.8. The largest absolute Gasteiger partial charge is 0.478 e. The monoisotopic (exact) mass is 936 g/mol. The van der Waals surface area contributed by atoms with Crippen LogP contribution in [-0.4, -0.2) is 44.3 Å². The number of carboxylic acid groups (broad SMARTS) is 4. The minimum atomic E-state index is -1.000. The Hall–Kier alpha value is -9.16. The third kappa shape index (κ3) is 12.2. The first-order valence-electron chi connectivity index (χ1n) is 21.9. The first-order valence-corrected chi connectivity index (χ1v) is 21.9. The molecule has 0 atom stereocenters. The van der Waals surface area contributed by atoms with Crippen molar-refractivity contribution >= 4 is 23.9 Å². The zero-order chi connectivity index (χ0) is 50.0. The number of hydrogen-bond acceptors (Lipinski definition) is 8. The molecule has 8 aromatic rings. The Morgan fingerprint density at radius 2 is 0.500 bits per heavy atom. The van der Waals surface area contributed by atoms with Crippen LogP contribution in [0, 0.1) is 0 Å². The smallest absolute Gasteiger partial charge is 0.335 e. The molecular formula is C58H48O12. The predicted octanol–water partition coefficient (Wildman–Crippen LogP) is 14.0. The van der Waals surface area contributed by atoms with Gasteiger partial charge in [0.05, 0.1) is 22.3 Å². The van der Waals surface area contributed by atoms with E-state index in [1.807, 2.05) is 97.1 Å². The average Bonchev–Trinajstić information content (AvgIpc) is 3.35. The van der Waals surface area contributed by atoms with E-state index in [0.29, 0.717) is 46.0 Å². The van der Waals surface area contributed by atoms with Crippen LogP contribution in [0.5, 0.6) is 46.0 Å². The van der Waals surface area contributed by atoms with Crippen LogP contribution in [-0.2, 0) is 10.8 Å². The number of aromatic carboxylic acids is 4. The Kier molecular flexibility index (Phi) is 14.8. The van der Waals surface area contributed by atoms with Crippen molar-refractivity contribution in [3.05, 3.63) is 239 Å². The van der Waals surface area contributed by atoms with Crippen molar-refractivity contribution < 1.29 is 58.6 Å². The van der Waals surface area contributed by atoms with Crippen molar-refractivity contribution in [3.63, 3.8) is 0 Å². The lowest BCUT2D eigenvalue weighted by molar-refractivity contribution is 0.0686. The van der Waals surface area contributed by atoms with Gasteiger partial charge in [-0.05, 0) is 162 Å². The summed E-state index contributed by atoms with van der Waals surface area (Å²) in [6, 6.07) is 56.3. The molecule has 0 saturated carbocycles. The van der Waals surface area contributed by atoms with Crippen LogP contribution < -0.4 is 18.9 Å². The summed E-state index contributed by atoms with van der Waals surface area (Å²) >= 11 is 0. The fraction of sp³-hybridized carbons (Fsp3) is 0.103. The maximum absolute atomic E-state index is 11.2. The van der Waals surface area contributed by atoms with Gasteiger partial charge in [0, 0.05) is 10.8 Å². The molecule has 0 radical (unpaired) electrons. The molecule has 0 spiro atoms. The zero-order valence-electron chi connectivity index (χ0n) is 38.5. The van der Waals surface area contributed by atoms with Gasteiger partial charge in [-0.15, -0.1) is 0 Å². The summed E-state index contributed by atoms with van der Waals surface area (Å²) in [5.74, 6) is 0.812. The van der Waals surface area contributed by atoms with Crippen LogP contribution in [0.15, 0.2) is 194 Å². The molecule has 0 heterocycles. The molecule has 8 aromatic carbocycles. The summed E-state index contributed by atoms with van der Waals surface area (Å²) in [5, 5.41) is 36.2. The van der Waals surface area contributed by atoms with Gasteiger partial charge in [0.2, 0.25) is 0 Å². The molecule has 8 rings (SSSR count). The highest BCUT2D eigenvalue weighted by atomic mass is 16.5. The zero-order valence-corrected chi connectivity index (χ0v) is 38.5. The summed E-state index contributed by atoms with van der Waals surface area (Å²) in [7, 11) is 0. The molecule has 12 heteroatoms. The lowest BCUT2D eigenvalue weighted by Gasteiger charge is -2.26. The van der Waals surface area contributed by atoms with Gasteiger partial charge in [0.1, 0.15) is 46.0 Å². The average molecular weight is 937 g/mol. The Labute approximate surface area is 404 Å². The van der Waals surface area contributed by atoms with Gasteiger partial charge in [-0.2, -0.15) is 0 Å². The van der Waals surface area contributed by atoms with Gasteiger partial charge in [-0.1, -0.05) is 82.3 Å². The molecule has 0 aliphatic carbocycles. The number of hydrogen-bond donors (Lipinski definition) is 4. The van der Waals surface area contributed by atoms with Crippen LogP contribution >= 0.6 is 0 Å². The van der Waals surface area contributed by atoms with Gasteiger partial charge in [-0.3, -0.25) is 0 Å². The maximum Gasteiger partial charge on any atom is 0.335 e. The van der Waals surface area contributed by atoms with E-state index in [1.54, 1.807) is 48.5 Å². The van der Waals surface area contributed by atoms with Crippen LogP contribution in [0.25, 0.3) is 0 Å². The van der Waals surface area contributed by atoms with Crippen molar-refractivity contribution in [2.75, 3.05) is 0 Å². The van der Waals surface area contributed by atoms with Gasteiger partial charge in [0.25, 0.3) is 0 Å². The first-order chi connectivity index (χ1) is 33.4. The fourth-order valence-electron chi connectivity index (χ4n) is 7.33. The van der Waals surface area contributed by atoms with Crippen LogP contribution in [0.4, 0.5) is 0 Å². The molecular weight excluding hydrogens is 889 g/mol. The van der Waals surface area contributed by atoms with Crippen molar-refractivity contribution in [2.45, 2.75) is 38.5 Å². The van der Waals surface area contributed by atoms with Crippen LogP contribution in [0.2, 0.25) is 0 Å². The molecule has 12 nitrogen and oxygen atoms in total. The normalized spacial score (nSPS) is 11.0. The summed E-state index contributed by atoms with van der Waals surface area (Å²) < 4.78 is 23.3. The fourth-order valence-corrected chi connectivity index (χ4v) is 7.33. The predicted molar refractivity (Wildman–Crippen MR) is 264 cm³/mol. The summed E-state index contributed by atoms with van der Waals surface area (Å²) in [6.45, 7) is 8.52. The number of carboxylic acids is 4. The van der Waals surface area contributed by atoms with E-state index in [2.05, 4.69) is 27.7 Å². The Bertz CT molecular complexity index is 2980. The topological polar surface area (TPSA) is 186 Å². The molecule has 0 aliphatic rings. The van der Waals surface area contributed by atoms with Crippen molar-refractivity contribution in [1.82, 2.24) is 0 Å². The standard InChI is InChI=1S/2C29H24O6/c1-29(2,21-7-15-25(16-8-21)34-23-11-3-19(4-12-23)27(30)31)22-9-17-26(18-10-22)35-24-13-5-20(6-14-24)28(32)33;1-29(2,21-8-14-24(15-9-21)34-23-12-6-19(7-13-23)27(30)31)22-10-16-25(17-11-22)35-26-5-3-4-20(18-26)28(32)33/h2*3-18H,1-2H3,(H,30,31)(H,32,33). The van der Waals surface area contributed by atoms with E-state index in [4.69, 9.17) is 39.4 Å². The van der Waals surface area contributed by atoms with Crippen LogP contribution in [0.3, 0.4) is 0 Å². The molecule has 0 bridgehead atoms. The Balaban J connectivity index is 0.000000206. The Morgan fingerprint density at radius 1 is 0.286 bits per heavy atom. The maximum atomic E-state index is 11.2. The van der Waals surface area contributed by atoms with Crippen LogP contribution in [0.1, 0.15) is 91.4 Å². The molecule has 70 heavy (non-hydrogen) atoms. The number of rotatable bonds is 16. The molecule has 4 N–H and O–H groups in total. The highest BCUT2D eigenvalue weighted by molar-refractivity contribution is 5.89. The second-order valence-corrected chi connectivity index (χ2v) is 17.1. The highest BCUT2D eigenvalue weighted by Crippen LogP contribution is 2.37. The molecule has 0 aromatic heterocycles. The van der Waals surface area contributed by atoms with Gasteiger partial charge < -0.3 is 39.4 Å². The van der Waals surface area contributed by atoms with E-state index in [-0.39, 0.29) is 33.1 Å². The van der Waals surface area contributed by atoms with E-state index in [1.165, 1.54) is 48.5 Å². The minimum Gasteiger partial charge on any atom is -0.478 e. The van der Waals surface area contributed by atoms with Gasteiger partial charge >= 0.3 is 23.9 Å². The number of ether oxygens (including phenoxy) is 4. The lowest BCUT2D eigenvalue weighted by Crippen LogP contribution is -2.18. The second-order valence-electron chi connectivity index (χ2n) is 17.1.